The zero-order valence-corrected chi connectivity index (χ0v) is 14.8. The molecule has 3 aromatic heterocycles. The van der Waals surface area contributed by atoms with E-state index in [4.69, 9.17) is 9.40 Å². The highest BCUT2D eigenvalue weighted by atomic mass is 32.1. The minimum atomic E-state index is 0.381. The van der Waals surface area contributed by atoms with Gasteiger partial charge in [0, 0.05) is 53.8 Å². The molecule has 0 unspecified atom stereocenters. The minimum Gasteiger partial charge on any atom is -0.460 e. The first-order chi connectivity index (χ1) is 11.7. The first-order valence-electron chi connectivity index (χ1n) is 8.37. The monoisotopic (exact) mass is 339 g/mol. The van der Waals surface area contributed by atoms with Gasteiger partial charge in [-0.1, -0.05) is 13.8 Å². The van der Waals surface area contributed by atoms with Crippen molar-refractivity contribution in [2.24, 2.45) is 0 Å². The average Bonchev–Trinajstić information content (AvgIpc) is 3.25. The van der Waals surface area contributed by atoms with E-state index in [1.54, 1.807) is 11.3 Å². The summed E-state index contributed by atoms with van der Waals surface area (Å²) in [6.45, 7) is 7.01. The highest BCUT2D eigenvalue weighted by Crippen LogP contribution is 2.26. The fourth-order valence-electron chi connectivity index (χ4n) is 3.05. The van der Waals surface area contributed by atoms with Crippen LogP contribution in [0.1, 0.15) is 42.6 Å². The van der Waals surface area contributed by atoms with E-state index in [1.165, 1.54) is 11.3 Å². The molecule has 0 saturated carbocycles. The number of fused-ring (bicyclic) bond motifs is 1. The summed E-state index contributed by atoms with van der Waals surface area (Å²) in [5, 5.41) is 4.19. The number of furan rings is 1. The molecule has 0 radical (unpaired) electrons. The van der Waals surface area contributed by atoms with Gasteiger partial charge in [0.2, 0.25) is 0 Å². The molecule has 0 saturated heterocycles. The van der Waals surface area contributed by atoms with E-state index < -0.39 is 0 Å². The summed E-state index contributed by atoms with van der Waals surface area (Å²) in [6.07, 6.45) is 2.98. The summed E-state index contributed by atoms with van der Waals surface area (Å²) in [7, 11) is 0. The van der Waals surface area contributed by atoms with Gasteiger partial charge in [-0.05, 0) is 23.6 Å². The van der Waals surface area contributed by atoms with Gasteiger partial charge < -0.3 is 4.42 Å². The van der Waals surface area contributed by atoms with E-state index in [0.29, 0.717) is 5.92 Å². The fourth-order valence-corrected chi connectivity index (χ4v) is 3.69. The van der Waals surface area contributed by atoms with Gasteiger partial charge in [-0.2, -0.15) is 11.3 Å². The number of hydrogen-bond acceptors (Lipinski definition) is 5. The average molecular weight is 339 g/mol. The summed E-state index contributed by atoms with van der Waals surface area (Å²) in [4.78, 5) is 11.6. The van der Waals surface area contributed by atoms with E-state index in [9.17, 15) is 0 Å². The zero-order valence-electron chi connectivity index (χ0n) is 14.0. The van der Waals surface area contributed by atoms with Crippen LogP contribution in [0.5, 0.6) is 0 Å². The van der Waals surface area contributed by atoms with Crippen LogP contribution in [0.3, 0.4) is 0 Å². The van der Waals surface area contributed by atoms with Crippen LogP contribution in [0.25, 0.3) is 11.3 Å². The second kappa shape index (κ2) is 6.49. The molecule has 0 fully saturated rings. The van der Waals surface area contributed by atoms with Gasteiger partial charge in [-0.15, -0.1) is 0 Å². The number of rotatable bonds is 4. The van der Waals surface area contributed by atoms with E-state index in [1.807, 2.05) is 6.20 Å². The number of aromatic nitrogens is 2. The van der Waals surface area contributed by atoms with Crippen LogP contribution in [0, 0.1) is 0 Å². The molecule has 4 rings (SSSR count). The first kappa shape index (κ1) is 15.5. The number of nitrogens with zero attached hydrogens (tertiary/aromatic N) is 3. The number of hydrogen-bond donors (Lipinski definition) is 0. The third-order valence-electron chi connectivity index (χ3n) is 4.39. The zero-order chi connectivity index (χ0) is 16.5. The molecule has 1 aliphatic heterocycles. The molecule has 0 aromatic carbocycles. The Bertz CT molecular complexity index is 823. The SMILES string of the molecule is CC(C)c1ncc2c(n1)CCN(Cc1ccc(-c3ccsc3)o1)C2. The fraction of sp³-hybridized carbons (Fsp3) is 0.368. The maximum atomic E-state index is 6.00. The Balaban J connectivity index is 1.45. The second-order valence-corrected chi connectivity index (χ2v) is 7.37. The lowest BCUT2D eigenvalue weighted by atomic mass is 10.1. The first-order valence-corrected chi connectivity index (χ1v) is 9.31. The van der Waals surface area contributed by atoms with Crippen molar-refractivity contribution in [1.29, 1.82) is 0 Å². The summed E-state index contributed by atoms with van der Waals surface area (Å²) < 4.78 is 6.00. The molecule has 0 bridgehead atoms. The molecule has 1 aliphatic rings. The highest BCUT2D eigenvalue weighted by Gasteiger charge is 2.20. The molecule has 24 heavy (non-hydrogen) atoms. The van der Waals surface area contributed by atoms with E-state index in [0.717, 1.165) is 49.0 Å². The second-order valence-electron chi connectivity index (χ2n) is 6.59. The van der Waals surface area contributed by atoms with Crippen LogP contribution in [0.4, 0.5) is 0 Å². The van der Waals surface area contributed by atoms with Gasteiger partial charge in [0.15, 0.2) is 0 Å². The Morgan fingerprint density at radius 3 is 3.00 bits per heavy atom. The van der Waals surface area contributed by atoms with Crippen LogP contribution in [-0.4, -0.2) is 21.4 Å². The van der Waals surface area contributed by atoms with Crippen LogP contribution in [0.15, 0.2) is 39.6 Å². The molecule has 5 heteroatoms. The van der Waals surface area contributed by atoms with E-state index in [-0.39, 0.29) is 0 Å². The summed E-state index contributed by atoms with van der Waals surface area (Å²) in [5.41, 5.74) is 3.61. The molecule has 4 heterocycles. The maximum Gasteiger partial charge on any atom is 0.135 e. The van der Waals surface area contributed by atoms with E-state index in [2.05, 4.69) is 52.7 Å². The third kappa shape index (κ3) is 3.14. The molecule has 3 aromatic rings. The smallest absolute Gasteiger partial charge is 0.135 e. The van der Waals surface area contributed by atoms with Crippen molar-refractivity contribution in [2.75, 3.05) is 6.54 Å². The van der Waals surface area contributed by atoms with Gasteiger partial charge in [-0.3, -0.25) is 4.90 Å². The lowest BCUT2D eigenvalue weighted by Crippen LogP contribution is -2.31. The van der Waals surface area contributed by atoms with Gasteiger partial charge in [0.25, 0.3) is 0 Å². The summed E-state index contributed by atoms with van der Waals surface area (Å²) in [6, 6.07) is 6.24. The van der Waals surface area contributed by atoms with Gasteiger partial charge in [0.05, 0.1) is 6.54 Å². The highest BCUT2D eigenvalue weighted by molar-refractivity contribution is 7.08. The molecule has 0 amide bonds. The Kier molecular flexibility index (Phi) is 4.21. The van der Waals surface area contributed by atoms with Crippen molar-refractivity contribution < 1.29 is 4.42 Å². The predicted octanol–water partition coefficient (Wildman–Crippen LogP) is 4.48. The van der Waals surface area contributed by atoms with Gasteiger partial charge in [-0.25, -0.2) is 9.97 Å². The molecule has 0 atom stereocenters. The van der Waals surface area contributed by atoms with Crippen LogP contribution >= 0.6 is 11.3 Å². The van der Waals surface area contributed by atoms with Gasteiger partial charge in [0.1, 0.15) is 17.3 Å². The lowest BCUT2D eigenvalue weighted by Gasteiger charge is -2.27. The summed E-state index contributed by atoms with van der Waals surface area (Å²) >= 11 is 1.69. The van der Waals surface area contributed by atoms with Crippen LogP contribution in [0.2, 0.25) is 0 Å². The normalized spacial score (nSPS) is 15.0. The van der Waals surface area contributed by atoms with Crippen molar-refractivity contribution in [3.63, 3.8) is 0 Å². The van der Waals surface area contributed by atoms with Crippen LogP contribution in [-0.2, 0) is 19.5 Å². The summed E-state index contributed by atoms with van der Waals surface area (Å²) in [5.74, 6) is 3.30. The molecule has 0 aliphatic carbocycles. The topological polar surface area (TPSA) is 42.2 Å². The molecule has 124 valence electrons. The Morgan fingerprint density at radius 1 is 1.29 bits per heavy atom. The van der Waals surface area contributed by atoms with Crippen molar-refractivity contribution >= 4 is 11.3 Å². The van der Waals surface area contributed by atoms with Crippen molar-refractivity contribution in [1.82, 2.24) is 14.9 Å². The van der Waals surface area contributed by atoms with Crippen molar-refractivity contribution in [3.05, 3.63) is 58.0 Å². The van der Waals surface area contributed by atoms with Crippen molar-refractivity contribution in [3.8, 4) is 11.3 Å². The van der Waals surface area contributed by atoms with Crippen molar-refractivity contribution in [2.45, 2.75) is 39.3 Å². The Labute approximate surface area is 146 Å². The molecular formula is C19H21N3OS. The lowest BCUT2D eigenvalue weighted by molar-refractivity contribution is 0.224. The van der Waals surface area contributed by atoms with Crippen LogP contribution < -0.4 is 0 Å². The third-order valence-corrected chi connectivity index (χ3v) is 5.08. The molecule has 0 N–H and O–H groups in total. The van der Waals surface area contributed by atoms with Gasteiger partial charge >= 0.3 is 0 Å². The standard InChI is InChI=1S/C19H21N3OS/c1-13(2)19-20-9-15-10-22(7-5-17(15)21-19)11-16-3-4-18(23-16)14-6-8-24-12-14/h3-4,6,8-9,12-13H,5,7,10-11H2,1-2H3. The quantitative estimate of drug-likeness (QED) is 0.703. The Morgan fingerprint density at radius 2 is 2.21 bits per heavy atom. The Hall–Kier alpha value is -1.98. The number of thiophene rings is 1. The largest absolute Gasteiger partial charge is 0.460 e. The molecule has 4 nitrogen and oxygen atoms in total. The molecular weight excluding hydrogens is 318 g/mol. The minimum absolute atomic E-state index is 0.381. The predicted molar refractivity (Wildman–Crippen MR) is 96.0 cm³/mol. The maximum absolute atomic E-state index is 6.00. The molecule has 0 spiro atoms. The van der Waals surface area contributed by atoms with E-state index >= 15 is 0 Å².